The monoisotopic (exact) mass is 350 g/mol. The van der Waals surface area contributed by atoms with Crippen LogP contribution in [0.15, 0.2) is 6.07 Å². The third-order valence-electron chi connectivity index (χ3n) is 4.20. The van der Waals surface area contributed by atoms with Crippen LogP contribution in [0.1, 0.15) is 58.6 Å². The van der Waals surface area contributed by atoms with Gasteiger partial charge in [0.2, 0.25) is 0 Å². The number of fused-ring (bicyclic) bond motifs is 1. The summed E-state index contributed by atoms with van der Waals surface area (Å²) in [5.74, 6) is -1.11. The van der Waals surface area contributed by atoms with Gasteiger partial charge in [0.15, 0.2) is 6.61 Å². The minimum absolute atomic E-state index is 0.172. The van der Waals surface area contributed by atoms with Crippen LogP contribution in [0.25, 0.3) is 0 Å². The van der Waals surface area contributed by atoms with Crippen LogP contribution in [0.3, 0.4) is 0 Å². The molecule has 0 aromatic carbocycles. The van der Waals surface area contributed by atoms with Crippen LogP contribution in [0.5, 0.6) is 0 Å². The van der Waals surface area contributed by atoms with Crippen LogP contribution in [0.2, 0.25) is 0 Å². The van der Waals surface area contributed by atoms with Crippen molar-refractivity contribution >= 4 is 29.2 Å². The zero-order chi connectivity index (χ0) is 16.9. The summed E-state index contributed by atoms with van der Waals surface area (Å²) >= 11 is 1.46. The zero-order valence-electron chi connectivity index (χ0n) is 13.6. The van der Waals surface area contributed by atoms with Crippen molar-refractivity contribution in [3.05, 3.63) is 21.4 Å². The number of amides is 3. The number of esters is 1. The lowest BCUT2D eigenvalue weighted by Gasteiger charge is -2.07. The van der Waals surface area contributed by atoms with Crippen LogP contribution in [-0.2, 0) is 22.4 Å². The lowest BCUT2D eigenvalue weighted by Crippen LogP contribution is -2.42. The van der Waals surface area contributed by atoms with Crippen molar-refractivity contribution in [2.45, 2.75) is 57.4 Å². The second-order valence-corrected chi connectivity index (χ2v) is 7.48. The minimum Gasteiger partial charge on any atom is -0.451 e. The molecule has 0 unspecified atom stereocenters. The fourth-order valence-electron chi connectivity index (χ4n) is 2.76. The van der Waals surface area contributed by atoms with Gasteiger partial charge in [0, 0.05) is 10.9 Å². The van der Waals surface area contributed by atoms with Crippen LogP contribution in [0, 0.1) is 0 Å². The summed E-state index contributed by atoms with van der Waals surface area (Å²) < 4.78 is 5.03. The Kier molecular flexibility index (Phi) is 5.50. The number of ether oxygens (including phenoxy) is 1. The average molecular weight is 350 g/mol. The van der Waals surface area contributed by atoms with Crippen LogP contribution < -0.4 is 10.6 Å². The van der Waals surface area contributed by atoms with Gasteiger partial charge >= 0.3 is 12.0 Å². The van der Waals surface area contributed by atoms with E-state index in [1.165, 1.54) is 34.6 Å². The Morgan fingerprint density at radius 2 is 1.88 bits per heavy atom. The molecule has 0 atom stereocenters. The number of rotatable bonds is 4. The summed E-state index contributed by atoms with van der Waals surface area (Å²) in [5.41, 5.74) is 1.24. The molecule has 2 N–H and O–H groups in total. The van der Waals surface area contributed by atoms with Gasteiger partial charge in [-0.2, -0.15) is 0 Å². The maximum Gasteiger partial charge on any atom is 0.348 e. The normalized spacial score (nSPS) is 17.2. The fourth-order valence-corrected chi connectivity index (χ4v) is 3.91. The first-order valence-corrected chi connectivity index (χ1v) is 9.32. The number of hydrogen-bond donors (Lipinski definition) is 2. The van der Waals surface area contributed by atoms with Gasteiger partial charge in [-0.15, -0.1) is 11.3 Å². The molecule has 1 heterocycles. The third kappa shape index (κ3) is 4.80. The highest BCUT2D eigenvalue weighted by atomic mass is 32.1. The maximum atomic E-state index is 12.1. The van der Waals surface area contributed by atoms with Crippen molar-refractivity contribution in [2.75, 3.05) is 6.61 Å². The van der Waals surface area contributed by atoms with E-state index >= 15 is 0 Å². The molecule has 0 bridgehead atoms. The molecule has 1 aromatic rings. The molecular weight excluding hydrogens is 328 g/mol. The molecule has 0 saturated heterocycles. The summed E-state index contributed by atoms with van der Waals surface area (Å²) in [6.07, 6.45) is 8.67. The maximum absolute atomic E-state index is 12.1. The molecule has 0 spiro atoms. The zero-order valence-corrected chi connectivity index (χ0v) is 14.4. The number of carbonyl (C=O) groups is 3. The summed E-state index contributed by atoms with van der Waals surface area (Å²) in [6, 6.07) is 1.54. The lowest BCUT2D eigenvalue weighted by atomic mass is 10.00. The second kappa shape index (κ2) is 7.79. The molecule has 130 valence electrons. The largest absolute Gasteiger partial charge is 0.451 e. The first-order valence-electron chi connectivity index (χ1n) is 8.51. The third-order valence-corrected chi connectivity index (χ3v) is 5.41. The van der Waals surface area contributed by atoms with E-state index in [1.807, 2.05) is 6.07 Å². The summed E-state index contributed by atoms with van der Waals surface area (Å²) in [4.78, 5) is 37.0. The van der Waals surface area contributed by atoms with E-state index in [1.54, 1.807) is 0 Å². The highest BCUT2D eigenvalue weighted by Gasteiger charge is 2.24. The van der Waals surface area contributed by atoms with Gasteiger partial charge in [-0.1, -0.05) is 12.8 Å². The second-order valence-electron chi connectivity index (χ2n) is 6.35. The van der Waals surface area contributed by atoms with Gasteiger partial charge in [0.25, 0.3) is 5.91 Å². The van der Waals surface area contributed by atoms with E-state index in [0.29, 0.717) is 4.88 Å². The Bertz CT molecular complexity index is 611. The van der Waals surface area contributed by atoms with Crippen LogP contribution in [-0.4, -0.2) is 30.6 Å². The van der Waals surface area contributed by atoms with Gasteiger partial charge in [-0.3, -0.25) is 10.1 Å². The van der Waals surface area contributed by atoms with Gasteiger partial charge in [-0.05, 0) is 50.2 Å². The van der Waals surface area contributed by atoms with Crippen molar-refractivity contribution in [3.63, 3.8) is 0 Å². The molecule has 0 radical (unpaired) electrons. The molecule has 2 aliphatic carbocycles. The number of thiophene rings is 1. The van der Waals surface area contributed by atoms with Crippen molar-refractivity contribution in [3.8, 4) is 0 Å². The van der Waals surface area contributed by atoms with Crippen molar-refractivity contribution < 1.29 is 19.1 Å². The first-order chi connectivity index (χ1) is 11.6. The number of carbonyl (C=O) groups excluding carboxylic acids is 3. The first kappa shape index (κ1) is 17.0. The Morgan fingerprint density at radius 3 is 2.62 bits per heavy atom. The highest BCUT2D eigenvalue weighted by Crippen LogP contribution is 2.28. The topological polar surface area (TPSA) is 84.5 Å². The Balaban J connectivity index is 1.48. The van der Waals surface area contributed by atoms with Crippen LogP contribution >= 0.6 is 11.3 Å². The van der Waals surface area contributed by atoms with Crippen molar-refractivity contribution in [2.24, 2.45) is 0 Å². The molecule has 7 heteroatoms. The van der Waals surface area contributed by atoms with Gasteiger partial charge in [-0.25, -0.2) is 9.59 Å². The fraction of sp³-hybridized carbons (Fsp3) is 0.588. The van der Waals surface area contributed by atoms with E-state index in [-0.39, 0.29) is 6.04 Å². The number of urea groups is 1. The lowest BCUT2D eigenvalue weighted by molar-refractivity contribution is -0.123. The van der Waals surface area contributed by atoms with Crippen molar-refractivity contribution in [1.82, 2.24) is 10.6 Å². The number of imide groups is 1. The molecule has 1 saturated carbocycles. The van der Waals surface area contributed by atoms with E-state index in [2.05, 4.69) is 10.6 Å². The summed E-state index contributed by atoms with van der Waals surface area (Å²) in [6.45, 7) is -0.445. The van der Waals surface area contributed by atoms with E-state index in [4.69, 9.17) is 4.74 Å². The summed E-state index contributed by atoms with van der Waals surface area (Å²) in [5, 5.41) is 4.80. The quantitative estimate of drug-likeness (QED) is 0.817. The predicted molar refractivity (Wildman–Crippen MR) is 90.2 cm³/mol. The number of aryl methyl sites for hydroxylation is 2. The van der Waals surface area contributed by atoms with Crippen molar-refractivity contribution in [1.29, 1.82) is 0 Å². The van der Waals surface area contributed by atoms with E-state index < -0.39 is 24.5 Å². The van der Waals surface area contributed by atoms with E-state index in [0.717, 1.165) is 38.5 Å². The molecule has 3 rings (SSSR count). The number of hydrogen-bond acceptors (Lipinski definition) is 5. The molecule has 0 aliphatic heterocycles. The Morgan fingerprint density at radius 1 is 1.12 bits per heavy atom. The molecule has 24 heavy (non-hydrogen) atoms. The highest BCUT2D eigenvalue weighted by molar-refractivity contribution is 7.14. The van der Waals surface area contributed by atoms with Gasteiger partial charge in [0.1, 0.15) is 4.88 Å². The minimum atomic E-state index is -0.614. The molecular formula is C17H22N2O4S. The Hall–Kier alpha value is -1.89. The Labute approximate surface area is 145 Å². The molecule has 3 amide bonds. The smallest absolute Gasteiger partial charge is 0.348 e. The standard InChI is InChI=1S/C17H22N2O4S/c20-15(19-17(22)18-12-7-8-12)10-23-16(21)14-9-11-5-3-1-2-4-6-13(11)24-14/h9,12H,1-8,10H2,(H2,18,19,20,22). The summed E-state index contributed by atoms with van der Waals surface area (Å²) in [7, 11) is 0. The van der Waals surface area contributed by atoms with Gasteiger partial charge < -0.3 is 10.1 Å². The van der Waals surface area contributed by atoms with Crippen LogP contribution in [0.4, 0.5) is 4.79 Å². The number of nitrogens with one attached hydrogen (secondary N) is 2. The molecule has 6 nitrogen and oxygen atoms in total. The SMILES string of the molecule is O=C(COC(=O)c1cc2c(s1)CCCCCC2)NC(=O)NC1CC1. The average Bonchev–Trinajstić information content (AvgIpc) is 3.24. The van der Waals surface area contributed by atoms with E-state index in [9.17, 15) is 14.4 Å². The van der Waals surface area contributed by atoms with Gasteiger partial charge in [0.05, 0.1) is 0 Å². The predicted octanol–water partition coefficient (Wildman–Crippen LogP) is 2.55. The molecule has 1 aromatic heterocycles. The molecule has 2 aliphatic rings. The molecule has 1 fully saturated rings.